The van der Waals surface area contributed by atoms with Crippen molar-refractivity contribution < 1.29 is 0 Å². The van der Waals surface area contributed by atoms with Gasteiger partial charge in [0.25, 0.3) is 0 Å². The molecule has 1 aromatic rings. The summed E-state index contributed by atoms with van der Waals surface area (Å²) < 4.78 is 4.06. The molecule has 0 radical (unpaired) electrons. The minimum absolute atomic E-state index is 0.355. The number of nitrogens with zero attached hydrogens (tertiary/aromatic N) is 4. The van der Waals surface area contributed by atoms with Crippen LogP contribution in [0.2, 0.25) is 0 Å². The van der Waals surface area contributed by atoms with E-state index in [9.17, 15) is 0 Å². The second kappa shape index (κ2) is 4.28. The van der Waals surface area contributed by atoms with Gasteiger partial charge < -0.3 is 15.5 Å². The Morgan fingerprint density at radius 3 is 2.94 bits per heavy atom. The Morgan fingerprint density at radius 2 is 2.31 bits per heavy atom. The van der Waals surface area contributed by atoms with Gasteiger partial charge in [-0.15, -0.1) is 0 Å². The fourth-order valence-corrected chi connectivity index (χ4v) is 2.93. The summed E-state index contributed by atoms with van der Waals surface area (Å²) in [4.78, 5) is 4.52. The van der Waals surface area contributed by atoms with Gasteiger partial charge in [-0.05, 0) is 25.5 Å². The van der Waals surface area contributed by atoms with E-state index < -0.39 is 0 Å². The van der Waals surface area contributed by atoms with Crippen molar-refractivity contribution in [2.24, 2.45) is 0 Å². The van der Waals surface area contributed by atoms with E-state index in [0.29, 0.717) is 17.4 Å². The van der Waals surface area contributed by atoms with Gasteiger partial charge in [-0.1, -0.05) is 0 Å². The van der Waals surface area contributed by atoms with Crippen LogP contribution in [0.5, 0.6) is 0 Å². The number of likely N-dealkylation sites (N-methyl/N-ethyl adjacent to an activating group) is 1. The van der Waals surface area contributed by atoms with E-state index in [1.807, 2.05) is 0 Å². The average Bonchev–Trinajstić information content (AvgIpc) is 2.59. The molecule has 16 heavy (non-hydrogen) atoms. The molecule has 2 heterocycles. The van der Waals surface area contributed by atoms with E-state index in [1.54, 1.807) is 0 Å². The van der Waals surface area contributed by atoms with Gasteiger partial charge >= 0.3 is 0 Å². The summed E-state index contributed by atoms with van der Waals surface area (Å²) in [7, 11) is 2.11. The Morgan fingerprint density at radius 1 is 1.56 bits per heavy atom. The highest BCUT2D eigenvalue weighted by Crippen LogP contribution is 2.32. The standard InChI is InChI=1S/C10H15N5S/c1-7-6-14(2)3-4-15(7)10-8(5-11)9(12)13-16-10/h7H,3-4,6H2,1-2H3,(H2,12,13). The molecule has 6 heteroatoms. The number of aromatic nitrogens is 1. The number of nitrogens with two attached hydrogens (primary N) is 1. The van der Waals surface area contributed by atoms with Crippen LogP contribution in [-0.4, -0.2) is 42.0 Å². The summed E-state index contributed by atoms with van der Waals surface area (Å²) in [5.74, 6) is 0.355. The first kappa shape index (κ1) is 11.2. The predicted octanol–water partition coefficient (Wildman–Crippen LogP) is 0.737. The van der Waals surface area contributed by atoms with Crippen molar-refractivity contribution >= 4 is 22.4 Å². The minimum Gasteiger partial charge on any atom is -0.382 e. The van der Waals surface area contributed by atoms with Crippen molar-refractivity contribution in [1.29, 1.82) is 5.26 Å². The number of nitriles is 1. The molecule has 1 fully saturated rings. The third-order valence-electron chi connectivity index (χ3n) is 2.90. The molecule has 1 saturated heterocycles. The van der Waals surface area contributed by atoms with Gasteiger partial charge in [-0.25, -0.2) is 0 Å². The van der Waals surface area contributed by atoms with E-state index in [2.05, 4.69) is 34.2 Å². The first-order valence-corrected chi connectivity index (χ1v) is 6.01. The maximum absolute atomic E-state index is 9.06. The van der Waals surface area contributed by atoms with Gasteiger partial charge in [-0.2, -0.15) is 9.64 Å². The summed E-state index contributed by atoms with van der Waals surface area (Å²) in [6.45, 7) is 5.09. The summed E-state index contributed by atoms with van der Waals surface area (Å²) in [6.07, 6.45) is 0. The van der Waals surface area contributed by atoms with Crippen LogP contribution in [0.25, 0.3) is 0 Å². The highest BCUT2D eigenvalue weighted by atomic mass is 32.1. The van der Waals surface area contributed by atoms with Gasteiger partial charge in [0, 0.05) is 25.7 Å². The number of hydrogen-bond acceptors (Lipinski definition) is 6. The second-order valence-electron chi connectivity index (χ2n) is 4.16. The number of piperazine rings is 1. The quantitative estimate of drug-likeness (QED) is 0.780. The second-order valence-corrected chi connectivity index (χ2v) is 4.92. The predicted molar refractivity (Wildman–Crippen MR) is 65.5 cm³/mol. The molecule has 1 atom stereocenters. The zero-order chi connectivity index (χ0) is 11.7. The third kappa shape index (κ3) is 1.84. The van der Waals surface area contributed by atoms with Crippen molar-refractivity contribution in [2.75, 3.05) is 37.3 Å². The van der Waals surface area contributed by atoms with Crippen LogP contribution in [0.4, 0.5) is 10.8 Å². The van der Waals surface area contributed by atoms with E-state index in [1.165, 1.54) is 11.5 Å². The molecule has 0 bridgehead atoms. The van der Waals surface area contributed by atoms with Gasteiger partial charge in [0.15, 0.2) is 5.82 Å². The number of rotatable bonds is 1. The van der Waals surface area contributed by atoms with Crippen LogP contribution in [0, 0.1) is 11.3 Å². The molecule has 2 N–H and O–H groups in total. The summed E-state index contributed by atoms with van der Waals surface area (Å²) >= 11 is 1.32. The largest absolute Gasteiger partial charge is 0.382 e. The zero-order valence-corrected chi connectivity index (χ0v) is 10.3. The zero-order valence-electron chi connectivity index (χ0n) is 9.47. The average molecular weight is 237 g/mol. The fourth-order valence-electron chi connectivity index (χ4n) is 2.04. The molecule has 1 aromatic heterocycles. The molecule has 0 amide bonds. The van der Waals surface area contributed by atoms with Gasteiger partial charge in [-0.3, -0.25) is 0 Å². The van der Waals surface area contributed by atoms with Crippen molar-refractivity contribution in [3.05, 3.63) is 5.56 Å². The smallest absolute Gasteiger partial charge is 0.157 e. The lowest BCUT2D eigenvalue weighted by Crippen LogP contribution is -2.50. The Hall–Kier alpha value is -1.32. The highest BCUT2D eigenvalue weighted by molar-refractivity contribution is 7.10. The van der Waals surface area contributed by atoms with Crippen molar-refractivity contribution in [3.8, 4) is 6.07 Å². The molecule has 5 nitrogen and oxygen atoms in total. The van der Waals surface area contributed by atoms with Crippen molar-refractivity contribution in [1.82, 2.24) is 9.27 Å². The molecule has 1 aliphatic heterocycles. The summed E-state index contributed by atoms with van der Waals surface area (Å²) in [5.41, 5.74) is 6.20. The first-order valence-electron chi connectivity index (χ1n) is 5.24. The Balaban J connectivity index is 2.27. The summed E-state index contributed by atoms with van der Waals surface area (Å²) in [5, 5.41) is 9.97. The molecule has 2 rings (SSSR count). The fraction of sp³-hybridized carbons (Fsp3) is 0.600. The topological polar surface area (TPSA) is 69.2 Å². The maximum Gasteiger partial charge on any atom is 0.157 e. The lowest BCUT2D eigenvalue weighted by atomic mass is 10.2. The Bertz CT molecular complexity index is 421. The van der Waals surface area contributed by atoms with E-state index >= 15 is 0 Å². The lowest BCUT2D eigenvalue weighted by molar-refractivity contribution is 0.276. The minimum atomic E-state index is 0.355. The van der Waals surface area contributed by atoms with Crippen LogP contribution in [0.15, 0.2) is 0 Å². The maximum atomic E-state index is 9.06. The molecule has 1 aliphatic rings. The van der Waals surface area contributed by atoms with E-state index in [0.717, 1.165) is 24.6 Å². The number of hydrogen-bond donors (Lipinski definition) is 1. The Labute approximate surface area is 99.2 Å². The normalized spacial score (nSPS) is 22.1. The monoisotopic (exact) mass is 237 g/mol. The Kier molecular flexibility index (Phi) is 2.99. The molecule has 0 aromatic carbocycles. The third-order valence-corrected chi connectivity index (χ3v) is 3.80. The lowest BCUT2D eigenvalue weighted by Gasteiger charge is -2.38. The highest BCUT2D eigenvalue weighted by Gasteiger charge is 2.26. The van der Waals surface area contributed by atoms with Gasteiger partial charge in [0.05, 0.1) is 0 Å². The SMILES string of the molecule is CC1CN(C)CCN1c1snc(N)c1C#N. The molecule has 1 unspecified atom stereocenters. The van der Waals surface area contributed by atoms with Crippen molar-refractivity contribution in [2.45, 2.75) is 13.0 Å². The van der Waals surface area contributed by atoms with Gasteiger partial charge in [0.1, 0.15) is 16.6 Å². The van der Waals surface area contributed by atoms with Crippen LogP contribution >= 0.6 is 11.5 Å². The molecule has 0 saturated carbocycles. The number of nitrogen functional groups attached to an aromatic ring is 1. The van der Waals surface area contributed by atoms with Crippen LogP contribution in [0.3, 0.4) is 0 Å². The first-order chi connectivity index (χ1) is 7.63. The van der Waals surface area contributed by atoms with Crippen LogP contribution in [0.1, 0.15) is 12.5 Å². The van der Waals surface area contributed by atoms with Crippen LogP contribution in [-0.2, 0) is 0 Å². The van der Waals surface area contributed by atoms with E-state index in [4.69, 9.17) is 11.0 Å². The molecular formula is C10H15N5S. The summed E-state index contributed by atoms with van der Waals surface area (Å²) in [6, 6.07) is 2.53. The van der Waals surface area contributed by atoms with Crippen LogP contribution < -0.4 is 10.6 Å². The van der Waals surface area contributed by atoms with Gasteiger partial charge in [0.2, 0.25) is 0 Å². The molecule has 0 spiro atoms. The molecule has 0 aliphatic carbocycles. The van der Waals surface area contributed by atoms with Crippen molar-refractivity contribution in [3.63, 3.8) is 0 Å². The molecule has 86 valence electrons. The van der Waals surface area contributed by atoms with E-state index in [-0.39, 0.29) is 0 Å². The number of anilines is 2. The molecular weight excluding hydrogens is 222 g/mol.